The Hall–Kier alpha value is -1.84. The number of carbonyl (C=O) groups is 2. The maximum Gasteiger partial charge on any atom is 0.227 e. The molecule has 4 nitrogen and oxygen atoms in total. The predicted octanol–water partition coefficient (Wildman–Crippen LogP) is 3.99. The second-order valence-corrected chi connectivity index (χ2v) is 7.99. The van der Waals surface area contributed by atoms with Crippen LogP contribution in [0.15, 0.2) is 18.2 Å². The van der Waals surface area contributed by atoms with Gasteiger partial charge in [0, 0.05) is 24.7 Å². The van der Waals surface area contributed by atoms with Gasteiger partial charge in [-0.3, -0.25) is 9.59 Å². The van der Waals surface area contributed by atoms with Crippen LogP contribution in [0.25, 0.3) is 0 Å². The molecule has 0 spiro atoms. The first-order valence-corrected chi connectivity index (χ1v) is 9.45. The van der Waals surface area contributed by atoms with Gasteiger partial charge in [-0.05, 0) is 56.4 Å². The summed E-state index contributed by atoms with van der Waals surface area (Å²) in [5.41, 5.74) is 3.17. The summed E-state index contributed by atoms with van der Waals surface area (Å²) in [6.45, 7) is 11.0. The lowest BCUT2D eigenvalue weighted by Gasteiger charge is -2.19. The minimum absolute atomic E-state index is 0.0114. The number of carbonyl (C=O) groups excluding carboxylic acids is 2. The van der Waals surface area contributed by atoms with Gasteiger partial charge in [0.15, 0.2) is 0 Å². The van der Waals surface area contributed by atoms with Crippen LogP contribution in [0.1, 0.15) is 57.6 Å². The molecule has 1 heterocycles. The van der Waals surface area contributed by atoms with Crippen molar-refractivity contribution in [1.82, 2.24) is 5.32 Å². The van der Waals surface area contributed by atoms with E-state index >= 15 is 0 Å². The van der Waals surface area contributed by atoms with Gasteiger partial charge in [0.05, 0.1) is 5.92 Å². The van der Waals surface area contributed by atoms with Crippen molar-refractivity contribution >= 4 is 17.5 Å². The molecule has 2 atom stereocenters. The molecule has 1 aromatic rings. The number of hydrogen-bond donors (Lipinski definition) is 1. The highest BCUT2D eigenvalue weighted by molar-refractivity contribution is 6.00. The molecule has 1 saturated heterocycles. The molecule has 2 unspecified atom stereocenters. The molecular weight excluding hydrogens is 312 g/mol. The number of hydrogen-bond acceptors (Lipinski definition) is 2. The van der Waals surface area contributed by atoms with E-state index in [1.807, 2.05) is 26.0 Å². The highest BCUT2D eigenvalue weighted by atomic mass is 16.2. The van der Waals surface area contributed by atoms with Gasteiger partial charge in [0.1, 0.15) is 0 Å². The van der Waals surface area contributed by atoms with Crippen molar-refractivity contribution < 1.29 is 9.59 Å². The third-order valence-electron chi connectivity index (χ3n) is 4.82. The lowest BCUT2D eigenvalue weighted by molar-refractivity contribution is -0.126. The zero-order valence-electron chi connectivity index (χ0n) is 16.3. The van der Waals surface area contributed by atoms with Crippen LogP contribution in [0.5, 0.6) is 0 Å². The van der Waals surface area contributed by atoms with Crippen LogP contribution in [0, 0.1) is 25.7 Å². The van der Waals surface area contributed by atoms with Gasteiger partial charge >= 0.3 is 0 Å². The first-order chi connectivity index (χ1) is 11.8. The van der Waals surface area contributed by atoms with E-state index in [1.54, 1.807) is 4.90 Å². The number of anilines is 1. The lowest BCUT2D eigenvalue weighted by atomic mass is 10.0. The Morgan fingerprint density at radius 2 is 1.80 bits per heavy atom. The highest BCUT2D eigenvalue weighted by Gasteiger charge is 2.35. The number of benzene rings is 1. The second kappa shape index (κ2) is 8.50. The molecule has 1 N–H and O–H groups in total. The quantitative estimate of drug-likeness (QED) is 0.813. The maximum atomic E-state index is 12.5. The van der Waals surface area contributed by atoms with Crippen molar-refractivity contribution in [3.05, 3.63) is 29.3 Å². The molecular formula is C21H32N2O2. The monoisotopic (exact) mass is 344 g/mol. The minimum atomic E-state index is -0.249. The third-order valence-corrected chi connectivity index (χ3v) is 4.82. The normalized spacial score (nSPS) is 18.7. The SMILES string of the molecule is Cc1cc(C)cc(N2CC(C(=O)NC(C)CCCC(C)C)CC2=O)c1. The fourth-order valence-corrected chi connectivity index (χ4v) is 3.50. The summed E-state index contributed by atoms with van der Waals surface area (Å²) in [5.74, 6) is 0.498. The largest absolute Gasteiger partial charge is 0.353 e. The molecule has 0 saturated carbocycles. The van der Waals surface area contributed by atoms with Crippen LogP contribution in [0.2, 0.25) is 0 Å². The fraction of sp³-hybridized carbons (Fsp3) is 0.619. The fourth-order valence-electron chi connectivity index (χ4n) is 3.50. The Morgan fingerprint density at radius 3 is 2.40 bits per heavy atom. The van der Waals surface area contributed by atoms with Crippen LogP contribution < -0.4 is 10.2 Å². The van der Waals surface area contributed by atoms with Crippen molar-refractivity contribution in [2.45, 2.75) is 66.3 Å². The highest BCUT2D eigenvalue weighted by Crippen LogP contribution is 2.27. The summed E-state index contributed by atoms with van der Waals surface area (Å²) in [6, 6.07) is 6.28. The van der Waals surface area contributed by atoms with E-state index in [1.165, 1.54) is 6.42 Å². The topological polar surface area (TPSA) is 49.4 Å². The summed E-state index contributed by atoms with van der Waals surface area (Å²) < 4.78 is 0. The molecule has 2 rings (SSSR count). The van der Waals surface area contributed by atoms with E-state index in [0.29, 0.717) is 18.9 Å². The third kappa shape index (κ3) is 5.58. The van der Waals surface area contributed by atoms with Crippen LogP contribution in [0.4, 0.5) is 5.69 Å². The van der Waals surface area contributed by atoms with E-state index in [4.69, 9.17) is 0 Å². The Morgan fingerprint density at radius 1 is 1.16 bits per heavy atom. The lowest BCUT2D eigenvalue weighted by Crippen LogP contribution is -2.38. The van der Waals surface area contributed by atoms with E-state index in [9.17, 15) is 9.59 Å². The Balaban J connectivity index is 1.91. The Labute approximate surface area is 152 Å². The number of amides is 2. The molecule has 0 aromatic heterocycles. The van der Waals surface area contributed by atoms with Crippen LogP contribution in [-0.2, 0) is 9.59 Å². The van der Waals surface area contributed by atoms with E-state index in [-0.39, 0.29) is 23.8 Å². The van der Waals surface area contributed by atoms with Gasteiger partial charge in [-0.25, -0.2) is 0 Å². The summed E-state index contributed by atoms with van der Waals surface area (Å²) in [5, 5.41) is 3.09. The number of nitrogens with one attached hydrogen (secondary N) is 1. The maximum absolute atomic E-state index is 12.5. The number of rotatable bonds is 7. The van der Waals surface area contributed by atoms with Gasteiger partial charge in [0.25, 0.3) is 0 Å². The first-order valence-electron chi connectivity index (χ1n) is 9.45. The van der Waals surface area contributed by atoms with Gasteiger partial charge in [-0.15, -0.1) is 0 Å². The number of aryl methyl sites for hydroxylation is 2. The van der Waals surface area contributed by atoms with Crippen molar-refractivity contribution in [2.75, 3.05) is 11.4 Å². The second-order valence-electron chi connectivity index (χ2n) is 7.99. The summed E-state index contributed by atoms with van der Waals surface area (Å²) in [4.78, 5) is 26.7. The molecule has 138 valence electrons. The predicted molar refractivity (Wildman–Crippen MR) is 103 cm³/mol. The molecule has 1 aliphatic heterocycles. The Kier molecular flexibility index (Phi) is 6.63. The van der Waals surface area contributed by atoms with Crippen molar-refractivity contribution in [3.8, 4) is 0 Å². The minimum Gasteiger partial charge on any atom is -0.353 e. The van der Waals surface area contributed by atoms with Gasteiger partial charge in [-0.1, -0.05) is 32.8 Å². The van der Waals surface area contributed by atoms with Crippen LogP contribution in [0.3, 0.4) is 0 Å². The molecule has 0 aliphatic carbocycles. The average molecular weight is 344 g/mol. The smallest absolute Gasteiger partial charge is 0.227 e. The average Bonchev–Trinajstić information content (AvgIpc) is 2.88. The van der Waals surface area contributed by atoms with Crippen LogP contribution >= 0.6 is 0 Å². The van der Waals surface area contributed by atoms with Gasteiger partial charge < -0.3 is 10.2 Å². The van der Waals surface area contributed by atoms with E-state index < -0.39 is 0 Å². The van der Waals surface area contributed by atoms with Gasteiger partial charge in [-0.2, -0.15) is 0 Å². The molecule has 1 aromatic carbocycles. The van der Waals surface area contributed by atoms with Crippen molar-refractivity contribution in [3.63, 3.8) is 0 Å². The molecule has 0 bridgehead atoms. The summed E-state index contributed by atoms with van der Waals surface area (Å²) in [6.07, 6.45) is 3.60. The summed E-state index contributed by atoms with van der Waals surface area (Å²) in [7, 11) is 0. The molecule has 1 fully saturated rings. The zero-order valence-corrected chi connectivity index (χ0v) is 16.3. The van der Waals surface area contributed by atoms with Crippen LogP contribution in [-0.4, -0.2) is 24.4 Å². The standard InChI is InChI=1S/C21H32N2O2/c1-14(2)7-6-8-17(5)22-21(25)18-12-20(24)23(13-18)19-10-15(3)9-16(4)11-19/h9-11,14,17-18H,6-8,12-13H2,1-5H3,(H,22,25). The molecule has 2 amide bonds. The van der Waals surface area contributed by atoms with Crippen molar-refractivity contribution in [1.29, 1.82) is 0 Å². The van der Waals surface area contributed by atoms with E-state index in [0.717, 1.165) is 29.7 Å². The molecule has 4 heteroatoms. The number of nitrogens with zero attached hydrogens (tertiary/aromatic N) is 1. The van der Waals surface area contributed by atoms with E-state index in [2.05, 4.69) is 32.2 Å². The first kappa shape index (κ1) is 19.5. The Bertz CT molecular complexity index is 604. The zero-order chi connectivity index (χ0) is 18.6. The molecule has 1 aliphatic rings. The van der Waals surface area contributed by atoms with Crippen molar-refractivity contribution in [2.24, 2.45) is 11.8 Å². The molecule has 0 radical (unpaired) electrons. The summed E-state index contributed by atoms with van der Waals surface area (Å²) >= 11 is 0. The molecule has 25 heavy (non-hydrogen) atoms. The van der Waals surface area contributed by atoms with Gasteiger partial charge in [0.2, 0.25) is 11.8 Å².